The van der Waals surface area contributed by atoms with Crippen molar-refractivity contribution in [2.24, 2.45) is 23.7 Å². The van der Waals surface area contributed by atoms with Gasteiger partial charge in [0.2, 0.25) is 5.91 Å². The van der Waals surface area contributed by atoms with E-state index in [1.807, 2.05) is 0 Å². The van der Waals surface area contributed by atoms with Crippen LogP contribution < -0.4 is 5.32 Å². The maximum absolute atomic E-state index is 12.1. The molecule has 2 N–H and O–H groups in total. The minimum Gasteiger partial charge on any atom is -0.481 e. The van der Waals surface area contributed by atoms with Crippen molar-refractivity contribution in [1.82, 2.24) is 5.32 Å². The molecule has 0 saturated heterocycles. The number of rotatable bonds is 8. The summed E-state index contributed by atoms with van der Waals surface area (Å²) in [5.41, 5.74) is 0. The SMILES string of the molecule is CC(CCCNC(=O)C(C1CC1)C1CC1)C(=O)O. The summed E-state index contributed by atoms with van der Waals surface area (Å²) >= 11 is 0. The van der Waals surface area contributed by atoms with Crippen LogP contribution in [0, 0.1) is 23.7 Å². The molecule has 4 nitrogen and oxygen atoms in total. The van der Waals surface area contributed by atoms with Gasteiger partial charge in [-0.2, -0.15) is 0 Å². The predicted octanol–water partition coefficient (Wildman–Crippen LogP) is 2.04. The lowest BCUT2D eigenvalue weighted by Gasteiger charge is -2.15. The minimum atomic E-state index is -0.754. The van der Waals surface area contributed by atoms with Crippen LogP contribution in [-0.4, -0.2) is 23.5 Å². The lowest BCUT2D eigenvalue weighted by atomic mass is 9.97. The number of hydrogen-bond donors (Lipinski definition) is 2. The Hall–Kier alpha value is -1.06. The Morgan fingerprint density at radius 2 is 1.78 bits per heavy atom. The van der Waals surface area contributed by atoms with Gasteiger partial charge >= 0.3 is 5.97 Å². The van der Waals surface area contributed by atoms with Crippen LogP contribution in [-0.2, 0) is 9.59 Å². The number of aliphatic carboxylic acids is 1. The molecule has 0 bridgehead atoms. The molecule has 102 valence electrons. The highest BCUT2D eigenvalue weighted by molar-refractivity contribution is 5.80. The first-order valence-corrected chi connectivity index (χ1v) is 7.10. The molecule has 4 heteroatoms. The van der Waals surface area contributed by atoms with Crippen molar-refractivity contribution in [3.05, 3.63) is 0 Å². The molecule has 0 aromatic carbocycles. The number of nitrogens with one attached hydrogen (secondary N) is 1. The topological polar surface area (TPSA) is 66.4 Å². The summed E-state index contributed by atoms with van der Waals surface area (Å²) in [6, 6.07) is 0. The van der Waals surface area contributed by atoms with Gasteiger partial charge < -0.3 is 10.4 Å². The highest BCUT2D eigenvalue weighted by atomic mass is 16.4. The van der Waals surface area contributed by atoms with Crippen LogP contribution in [0.25, 0.3) is 0 Å². The van der Waals surface area contributed by atoms with Crippen LogP contribution in [0.3, 0.4) is 0 Å². The van der Waals surface area contributed by atoms with E-state index in [-0.39, 0.29) is 17.7 Å². The van der Waals surface area contributed by atoms with E-state index in [0.29, 0.717) is 24.8 Å². The highest BCUT2D eigenvalue weighted by Gasteiger charge is 2.45. The Morgan fingerprint density at radius 1 is 1.22 bits per heavy atom. The Labute approximate surface area is 108 Å². The fourth-order valence-electron chi connectivity index (χ4n) is 2.58. The highest BCUT2D eigenvalue weighted by Crippen LogP contribution is 2.49. The summed E-state index contributed by atoms with van der Waals surface area (Å²) in [4.78, 5) is 22.7. The normalized spacial score (nSPS) is 20.8. The molecule has 0 radical (unpaired) electrons. The quantitative estimate of drug-likeness (QED) is 0.650. The van der Waals surface area contributed by atoms with Gasteiger partial charge in [-0.25, -0.2) is 0 Å². The first-order valence-electron chi connectivity index (χ1n) is 7.10. The third-order valence-electron chi connectivity index (χ3n) is 4.10. The van der Waals surface area contributed by atoms with Gasteiger partial charge in [0.25, 0.3) is 0 Å². The largest absolute Gasteiger partial charge is 0.481 e. The van der Waals surface area contributed by atoms with Crippen molar-refractivity contribution >= 4 is 11.9 Å². The summed E-state index contributed by atoms with van der Waals surface area (Å²) in [5, 5.41) is 11.7. The number of hydrogen-bond acceptors (Lipinski definition) is 2. The van der Waals surface area contributed by atoms with Crippen LogP contribution in [0.4, 0.5) is 0 Å². The molecule has 2 saturated carbocycles. The third-order valence-corrected chi connectivity index (χ3v) is 4.10. The van der Waals surface area contributed by atoms with E-state index in [1.165, 1.54) is 25.7 Å². The molecule has 18 heavy (non-hydrogen) atoms. The molecule has 1 amide bonds. The Morgan fingerprint density at radius 3 is 2.22 bits per heavy atom. The zero-order valence-electron chi connectivity index (χ0n) is 11.0. The van der Waals surface area contributed by atoms with Crippen molar-refractivity contribution in [2.45, 2.75) is 45.4 Å². The number of amides is 1. The molecule has 0 aliphatic heterocycles. The number of carboxylic acids is 1. The second kappa shape index (κ2) is 5.72. The molecule has 2 fully saturated rings. The van der Waals surface area contributed by atoms with Gasteiger partial charge in [0.15, 0.2) is 0 Å². The van der Waals surface area contributed by atoms with Crippen molar-refractivity contribution in [3.63, 3.8) is 0 Å². The number of carboxylic acid groups (broad SMARTS) is 1. The van der Waals surface area contributed by atoms with Crippen LogP contribution >= 0.6 is 0 Å². The average molecular weight is 253 g/mol. The first-order chi connectivity index (χ1) is 8.59. The zero-order chi connectivity index (χ0) is 13.1. The lowest BCUT2D eigenvalue weighted by molar-refractivity contribution is -0.141. The summed E-state index contributed by atoms with van der Waals surface area (Å²) in [5.74, 6) is 0.662. The van der Waals surface area contributed by atoms with Crippen molar-refractivity contribution in [3.8, 4) is 0 Å². The maximum Gasteiger partial charge on any atom is 0.306 e. The minimum absolute atomic E-state index is 0.211. The molecule has 0 aromatic heterocycles. The van der Waals surface area contributed by atoms with E-state index in [1.54, 1.807) is 6.92 Å². The van der Waals surface area contributed by atoms with Gasteiger partial charge in [-0.05, 0) is 50.4 Å². The van der Waals surface area contributed by atoms with Crippen LogP contribution in [0.2, 0.25) is 0 Å². The van der Waals surface area contributed by atoms with Crippen LogP contribution in [0.5, 0.6) is 0 Å². The number of carbonyl (C=O) groups excluding carboxylic acids is 1. The molecule has 0 aromatic rings. The molecular formula is C14H23NO3. The molecule has 0 heterocycles. The maximum atomic E-state index is 12.1. The van der Waals surface area contributed by atoms with Gasteiger partial charge in [0.1, 0.15) is 0 Å². The smallest absolute Gasteiger partial charge is 0.306 e. The van der Waals surface area contributed by atoms with Crippen molar-refractivity contribution in [2.75, 3.05) is 6.54 Å². The summed E-state index contributed by atoms with van der Waals surface area (Å²) < 4.78 is 0. The Kier molecular flexibility index (Phi) is 4.25. The molecule has 2 rings (SSSR count). The van der Waals surface area contributed by atoms with Crippen LogP contribution in [0.15, 0.2) is 0 Å². The summed E-state index contributed by atoms with van der Waals surface area (Å²) in [7, 11) is 0. The van der Waals surface area contributed by atoms with Gasteiger partial charge in [-0.1, -0.05) is 6.92 Å². The summed E-state index contributed by atoms with van der Waals surface area (Å²) in [6.45, 7) is 2.33. The average Bonchev–Trinajstić information content (AvgIpc) is 3.17. The van der Waals surface area contributed by atoms with Gasteiger partial charge in [0.05, 0.1) is 5.92 Å². The van der Waals surface area contributed by atoms with E-state index in [4.69, 9.17) is 5.11 Å². The van der Waals surface area contributed by atoms with E-state index in [0.717, 1.165) is 6.42 Å². The van der Waals surface area contributed by atoms with E-state index in [9.17, 15) is 9.59 Å². The van der Waals surface area contributed by atoms with Crippen molar-refractivity contribution in [1.29, 1.82) is 0 Å². The molecule has 1 atom stereocenters. The molecular weight excluding hydrogens is 230 g/mol. The number of carbonyl (C=O) groups is 2. The van der Waals surface area contributed by atoms with E-state index < -0.39 is 5.97 Å². The molecule has 2 aliphatic carbocycles. The molecule has 1 unspecified atom stereocenters. The molecule has 2 aliphatic rings. The fraction of sp³-hybridized carbons (Fsp3) is 0.857. The van der Waals surface area contributed by atoms with E-state index >= 15 is 0 Å². The predicted molar refractivity (Wildman–Crippen MR) is 68.0 cm³/mol. The monoisotopic (exact) mass is 253 g/mol. The first kappa shape index (κ1) is 13.4. The summed E-state index contributed by atoms with van der Waals surface area (Å²) in [6.07, 6.45) is 6.24. The Bertz CT molecular complexity index is 309. The standard InChI is InChI=1S/C14H23NO3/c1-9(14(17)18)3-2-8-15-13(16)12(10-4-5-10)11-6-7-11/h9-12H,2-8H2,1H3,(H,15,16)(H,17,18). The second-order valence-electron chi connectivity index (χ2n) is 5.87. The fourth-order valence-corrected chi connectivity index (χ4v) is 2.58. The second-order valence-corrected chi connectivity index (χ2v) is 5.87. The van der Waals surface area contributed by atoms with E-state index in [2.05, 4.69) is 5.32 Å². The van der Waals surface area contributed by atoms with Crippen LogP contribution in [0.1, 0.15) is 45.4 Å². The van der Waals surface area contributed by atoms with Gasteiger partial charge in [0, 0.05) is 12.5 Å². The zero-order valence-corrected chi connectivity index (χ0v) is 11.0. The third kappa shape index (κ3) is 3.72. The lowest BCUT2D eigenvalue weighted by Crippen LogP contribution is -2.34. The van der Waals surface area contributed by atoms with Crippen molar-refractivity contribution < 1.29 is 14.7 Å². The van der Waals surface area contributed by atoms with Gasteiger partial charge in [-0.3, -0.25) is 9.59 Å². The Balaban J connectivity index is 1.63. The van der Waals surface area contributed by atoms with Gasteiger partial charge in [-0.15, -0.1) is 0 Å². The molecule has 0 spiro atoms.